The average Bonchev–Trinajstić information content (AvgIpc) is 3.31. The van der Waals surface area contributed by atoms with Crippen molar-refractivity contribution < 1.29 is 9.59 Å². The zero-order valence-corrected chi connectivity index (χ0v) is 13.0. The molecule has 21 heavy (non-hydrogen) atoms. The van der Waals surface area contributed by atoms with Gasteiger partial charge < -0.3 is 10.6 Å². The highest BCUT2D eigenvalue weighted by Crippen LogP contribution is 2.30. The van der Waals surface area contributed by atoms with E-state index in [1.165, 1.54) is 0 Å². The number of rotatable bonds is 6. The van der Waals surface area contributed by atoms with Crippen LogP contribution < -0.4 is 10.6 Å². The Balaban J connectivity index is 1.91. The number of hydrogen-bond acceptors (Lipinski definition) is 2. The fourth-order valence-electron chi connectivity index (χ4n) is 2.07. The summed E-state index contributed by atoms with van der Waals surface area (Å²) in [5, 5.41) is 5.92. The third kappa shape index (κ3) is 4.31. The fraction of sp³-hybridized carbons (Fsp3) is 0.529. The van der Waals surface area contributed by atoms with Crippen molar-refractivity contribution >= 4 is 17.5 Å². The van der Waals surface area contributed by atoms with Gasteiger partial charge in [0.25, 0.3) is 0 Å². The van der Waals surface area contributed by atoms with Gasteiger partial charge in [-0.15, -0.1) is 0 Å². The van der Waals surface area contributed by atoms with Crippen LogP contribution in [0.4, 0.5) is 5.69 Å². The van der Waals surface area contributed by atoms with Crippen molar-refractivity contribution in [3.8, 4) is 0 Å². The quantitative estimate of drug-likeness (QED) is 0.844. The van der Waals surface area contributed by atoms with E-state index in [2.05, 4.69) is 10.6 Å². The van der Waals surface area contributed by atoms with Crippen LogP contribution in [0.15, 0.2) is 24.3 Å². The van der Waals surface area contributed by atoms with E-state index in [-0.39, 0.29) is 29.7 Å². The molecule has 0 aliphatic heterocycles. The van der Waals surface area contributed by atoms with Gasteiger partial charge in [0, 0.05) is 17.5 Å². The van der Waals surface area contributed by atoms with Crippen LogP contribution in [-0.2, 0) is 9.59 Å². The molecule has 2 N–H and O–H groups in total. The van der Waals surface area contributed by atoms with Gasteiger partial charge in [0.15, 0.2) is 0 Å². The second-order valence-electron chi connectivity index (χ2n) is 5.93. The second kappa shape index (κ2) is 6.74. The molecule has 1 aliphatic rings. The molecule has 0 spiro atoms. The monoisotopic (exact) mass is 288 g/mol. The standard InChI is InChI=1S/C17H24N2O2/c1-4-11(2)16(20)18-12(3)13-7-9-15(10-8-13)19-17(21)14-5-6-14/h7-12,14H,4-6H2,1-3H3,(H,18,20)(H,19,21). The SMILES string of the molecule is CCC(C)C(=O)NC(C)c1ccc(NC(=O)C2CC2)cc1. The van der Waals surface area contributed by atoms with Crippen molar-refractivity contribution in [2.45, 2.75) is 46.1 Å². The van der Waals surface area contributed by atoms with Crippen molar-refractivity contribution in [1.82, 2.24) is 5.32 Å². The van der Waals surface area contributed by atoms with Gasteiger partial charge in [-0.1, -0.05) is 26.0 Å². The summed E-state index contributed by atoms with van der Waals surface area (Å²) in [7, 11) is 0. The van der Waals surface area contributed by atoms with Crippen molar-refractivity contribution in [1.29, 1.82) is 0 Å². The predicted molar refractivity (Wildman–Crippen MR) is 83.8 cm³/mol. The van der Waals surface area contributed by atoms with Gasteiger partial charge in [0.1, 0.15) is 0 Å². The molecule has 0 bridgehead atoms. The Morgan fingerprint density at radius 1 is 1.19 bits per heavy atom. The Morgan fingerprint density at radius 2 is 1.81 bits per heavy atom. The highest BCUT2D eigenvalue weighted by molar-refractivity contribution is 5.94. The first-order valence-electron chi connectivity index (χ1n) is 7.72. The minimum absolute atomic E-state index is 0.0281. The van der Waals surface area contributed by atoms with Crippen LogP contribution in [0.1, 0.15) is 51.6 Å². The number of anilines is 1. The molecule has 2 amide bonds. The van der Waals surface area contributed by atoms with E-state index in [1.54, 1.807) is 0 Å². The van der Waals surface area contributed by atoms with E-state index in [0.29, 0.717) is 0 Å². The lowest BCUT2D eigenvalue weighted by atomic mass is 10.0. The van der Waals surface area contributed by atoms with Crippen LogP contribution in [-0.4, -0.2) is 11.8 Å². The Hall–Kier alpha value is -1.84. The van der Waals surface area contributed by atoms with Crippen molar-refractivity contribution in [3.63, 3.8) is 0 Å². The topological polar surface area (TPSA) is 58.2 Å². The van der Waals surface area contributed by atoms with E-state index in [4.69, 9.17) is 0 Å². The number of amides is 2. The lowest BCUT2D eigenvalue weighted by Crippen LogP contribution is -2.31. The first-order valence-corrected chi connectivity index (χ1v) is 7.72. The maximum Gasteiger partial charge on any atom is 0.227 e. The lowest BCUT2D eigenvalue weighted by Gasteiger charge is -2.17. The summed E-state index contributed by atoms with van der Waals surface area (Å²) in [5.74, 6) is 0.431. The molecule has 114 valence electrons. The number of carbonyl (C=O) groups is 2. The van der Waals surface area contributed by atoms with Gasteiger partial charge in [0.2, 0.25) is 11.8 Å². The van der Waals surface area contributed by atoms with Gasteiger partial charge in [-0.05, 0) is 43.9 Å². The van der Waals surface area contributed by atoms with Crippen molar-refractivity contribution in [3.05, 3.63) is 29.8 Å². The fourth-order valence-corrected chi connectivity index (χ4v) is 2.07. The molecule has 2 atom stereocenters. The van der Waals surface area contributed by atoms with Gasteiger partial charge in [-0.2, -0.15) is 0 Å². The molecule has 2 unspecified atom stereocenters. The summed E-state index contributed by atoms with van der Waals surface area (Å²) >= 11 is 0. The minimum Gasteiger partial charge on any atom is -0.349 e. The molecule has 0 radical (unpaired) electrons. The molecule has 1 fully saturated rings. The molecular weight excluding hydrogens is 264 g/mol. The maximum absolute atomic E-state index is 11.9. The number of carbonyl (C=O) groups excluding carboxylic acids is 2. The first kappa shape index (κ1) is 15.5. The van der Waals surface area contributed by atoms with Crippen LogP contribution in [0.3, 0.4) is 0 Å². The Kier molecular flexibility index (Phi) is 4.99. The Labute approximate surface area is 126 Å². The molecule has 0 heterocycles. The molecule has 1 saturated carbocycles. The van der Waals surface area contributed by atoms with E-state index >= 15 is 0 Å². The molecule has 2 rings (SSSR count). The zero-order valence-electron chi connectivity index (χ0n) is 13.0. The number of benzene rings is 1. The molecule has 1 aromatic rings. The molecular formula is C17H24N2O2. The lowest BCUT2D eigenvalue weighted by molar-refractivity contribution is -0.125. The van der Waals surface area contributed by atoms with Crippen LogP contribution in [0.5, 0.6) is 0 Å². The van der Waals surface area contributed by atoms with Gasteiger partial charge in [0.05, 0.1) is 6.04 Å². The molecule has 4 heteroatoms. The number of nitrogens with one attached hydrogen (secondary N) is 2. The Morgan fingerprint density at radius 3 is 2.33 bits per heavy atom. The summed E-state index contributed by atoms with van der Waals surface area (Å²) in [5.41, 5.74) is 1.85. The van der Waals surface area contributed by atoms with Crippen molar-refractivity contribution in [2.75, 3.05) is 5.32 Å². The molecule has 4 nitrogen and oxygen atoms in total. The molecule has 0 aromatic heterocycles. The van der Waals surface area contributed by atoms with Crippen LogP contribution >= 0.6 is 0 Å². The maximum atomic E-state index is 11.9. The summed E-state index contributed by atoms with van der Waals surface area (Å²) in [4.78, 5) is 23.6. The third-order valence-electron chi connectivity index (χ3n) is 4.05. The predicted octanol–water partition coefficient (Wildman–Crippen LogP) is 3.26. The normalized spacial score (nSPS) is 16.9. The zero-order chi connectivity index (χ0) is 15.4. The number of hydrogen-bond donors (Lipinski definition) is 2. The van der Waals surface area contributed by atoms with E-state index < -0.39 is 0 Å². The highest BCUT2D eigenvalue weighted by atomic mass is 16.2. The summed E-state index contributed by atoms with van der Waals surface area (Å²) in [6, 6.07) is 7.65. The van der Waals surface area contributed by atoms with E-state index in [1.807, 2.05) is 45.0 Å². The largest absolute Gasteiger partial charge is 0.349 e. The van der Waals surface area contributed by atoms with Gasteiger partial charge >= 0.3 is 0 Å². The van der Waals surface area contributed by atoms with E-state index in [0.717, 1.165) is 30.5 Å². The second-order valence-corrected chi connectivity index (χ2v) is 5.93. The van der Waals surface area contributed by atoms with Crippen LogP contribution in [0.2, 0.25) is 0 Å². The first-order chi connectivity index (χ1) is 10.0. The van der Waals surface area contributed by atoms with E-state index in [9.17, 15) is 9.59 Å². The van der Waals surface area contributed by atoms with Gasteiger partial charge in [-0.25, -0.2) is 0 Å². The van der Waals surface area contributed by atoms with Crippen molar-refractivity contribution in [2.24, 2.45) is 11.8 Å². The third-order valence-corrected chi connectivity index (χ3v) is 4.05. The average molecular weight is 288 g/mol. The molecule has 1 aliphatic carbocycles. The summed E-state index contributed by atoms with van der Waals surface area (Å²) < 4.78 is 0. The summed E-state index contributed by atoms with van der Waals surface area (Å²) in [6.07, 6.45) is 2.84. The van der Waals surface area contributed by atoms with Crippen LogP contribution in [0, 0.1) is 11.8 Å². The highest BCUT2D eigenvalue weighted by Gasteiger charge is 2.29. The molecule has 1 aromatic carbocycles. The minimum atomic E-state index is -0.0281. The van der Waals surface area contributed by atoms with Crippen LogP contribution in [0.25, 0.3) is 0 Å². The summed E-state index contributed by atoms with van der Waals surface area (Å²) in [6.45, 7) is 5.91. The molecule has 0 saturated heterocycles. The van der Waals surface area contributed by atoms with Gasteiger partial charge in [-0.3, -0.25) is 9.59 Å². The Bertz CT molecular complexity index is 506. The smallest absolute Gasteiger partial charge is 0.227 e.